The minimum Gasteiger partial charge on any atom is -0.491 e. The lowest BCUT2D eigenvalue weighted by atomic mass is 9.84. The third kappa shape index (κ3) is 10.9. The van der Waals surface area contributed by atoms with E-state index in [0.29, 0.717) is 36.9 Å². The molecule has 4 amide bonds. The van der Waals surface area contributed by atoms with Crippen LogP contribution < -0.4 is 15.4 Å². The Morgan fingerprint density at radius 1 is 1.13 bits per heavy atom. The first-order chi connectivity index (χ1) is 22.1. The van der Waals surface area contributed by atoms with Crippen LogP contribution in [0.1, 0.15) is 62.5 Å². The molecule has 12 nitrogen and oxygen atoms in total. The summed E-state index contributed by atoms with van der Waals surface area (Å²) in [6.45, 7) is 1.26. The Bertz CT molecular complexity index is 1360. The van der Waals surface area contributed by atoms with Crippen LogP contribution in [-0.2, 0) is 31.8 Å². The highest BCUT2D eigenvalue weighted by atomic mass is 35.5. The van der Waals surface area contributed by atoms with Gasteiger partial charge in [-0.1, -0.05) is 78.6 Å². The Balaban J connectivity index is 1.43. The van der Waals surface area contributed by atoms with Crippen molar-refractivity contribution in [1.29, 1.82) is 0 Å². The first-order valence-corrected chi connectivity index (χ1v) is 17.2. The molecule has 4 atom stereocenters. The Morgan fingerprint density at radius 3 is 2.63 bits per heavy atom. The topological polar surface area (TPSA) is 158 Å². The summed E-state index contributed by atoms with van der Waals surface area (Å²) in [6, 6.07) is 12.0. The van der Waals surface area contributed by atoms with Crippen LogP contribution in [0.2, 0.25) is 5.02 Å². The Kier molecular flexibility index (Phi) is 13.6. The third-order valence-corrected chi connectivity index (χ3v) is 9.04. The van der Waals surface area contributed by atoms with Gasteiger partial charge in [0.15, 0.2) is 0 Å². The molecule has 0 saturated heterocycles. The molecule has 2 aliphatic rings. The van der Waals surface area contributed by atoms with Crippen molar-refractivity contribution < 1.29 is 38.2 Å². The highest BCUT2D eigenvalue weighted by Crippen LogP contribution is 2.28. The maximum absolute atomic E-state index is 13.7. The fraction of sp³-hybridized carbons (Fsp3) is 0.531. The molecule has 4 N–H and O–H groups in total. The summed E-state index contributed by atoms with van der Waals surface area (Å²) in [5.74, 6) is 0.0994. The Hall–Kier alpha value is -3.28. The molecule has 2 aromatic rings. The summed E-state index contributed by atoms with van der Waals surface area (Å²) in [5.41, 5.74) is 1.68. The standard InChI is InChI=1S/C32H42ClN4O8P/c1-36(20-23-10-7-12-25(33)18-23)32(41)35-27(19-22-8-3-2-4-9-22)30(39)34-26(31(40)45-46(42)43)14-15-29(38)37-16-17-44-28-13-6-5-11-24(28)21-37/h5-7,10-13,18,22,26-27,31,40H,2-4,8-9,14-17,19-21H2,1H3,(H2-,34,35,39,41,42,43)/p+1. The van der Waals surface area contributed by atoms with Crippen LogP contribution in [0.5, 0.6) is 5.75 Å². The molecule has 46 heavy (non-hydrogen) atoms. The van der Waals surface area contributed by atoms with Crippen molar-refractivity contribution in [1.82, 2.24) is 20.4 Å². The number of nitrogens with one attached hydrogen (secondary N) is 2. The summed E-state index contributed by atoms with van der Waals surface area (Å²) >= 11 is 6.10. The van der Waals surface area contributed by atoms with E-state index >= 15 is 0 Å². The van der Waals surface area contributed by atoms with Gasteiger partial charge < -0.3 is 30.3 Å². The number of para-hydroxylation sites is 1. The number of aliphatic hydroxyl groups excluding tert-OH is 1. The number of hydrogen-bond acceptors (Lipinski definition) is 7. The van der Waals surface area contributed by atoms with Crippen LogP contribution in [0.25, 0.3) is 0 Å². The van der Waals surface area contributed by atoms with Crippen molar-refractivity contribution in [2.45, 2.75) is 82.8 Å². The second-order valence-corrected chi connectivity index (χ2v) is 13.0. The van der Waals surface area contributed by atoms with Crippen LogP contribution in [0, 0.1) is 5.92 Å². The monoisotopic (exact) mass is 677 g/mol. The van der Waals surface area contributed by atoms with Gasteiger partial charge in [-0.25, -0.2) is 4.79 Å². The van der Waals surface area contributed by atoms with E-state index in [-0.39, 0.29) is 31.2 Å². The Morgan fingerprint density at radius 2 is 1.89 bits per heavy atom. The zero-order valence-electron chi connectivity index (χ0n) is 26.0. The maximum Gasteiger partial charge on any atom is 0.697 e. The molecular weight excluding hydrogens is 635 g/mol. The number of hydrogen-bond donors (Lipinski definition) is 4. The van der Waals surface area contributed by atoms with Crippen molar-refractivity contribution in [3.05, 3.63) is 64.7 Å². The molecule has 0 bridgehead atoms. The quantitative estimate of drug-likeness (QED) is 0.178. The van der Waals surface area contributed by atoms with Crippen LogP contribution in [0.4, 0.5) is 4.79 Å². The second kappa shape index (κ2) is 17.6. The highest BCUT2D eigenvalue weighted by Gasteiger charge is 2.35. The van der Waals surface area contributed by atoms with Crippen molar-refractivity contribution >= 4 is 37.7 Å². The fourth-order valence-corrected chi connectivity index (χ4v) is 6.48. The van der Waals surface area contributed by atoms with Crippen LogP contribution in [0.3, 0.4) is 0 Å². The zero-order valence-corrected chi connectivity index (χ0v) is 27.6. The molecule has 4 unspecified atom stereocenters. The lowest BCUT2D eigenvalue weighted by Crippen LogP contribution is -2.55. The number of aliphatic hydroxyl groups is 1. The summed E-state index contributed by atoms with van der Waals surface area (Å²) in [6.07, 6.45) is 3.40. The molecule has 1 fully saturated rings. The van der Waals surface area contributed by atoms with E-state index in [9.17, 15) is 28.9 Å². The predicted octanol–water partition coefficient (Wildman–Crippen LogP) is 4.49. The normalized spacial score (nSPS) is 17.4. The number of fused-ring (bicyclic) bond motifs is 1. The molecule has 2 aromatic carbocycles. The number of nitrogens with zero attached hydrogens (tertiary/aromatic N) is 2. The van der Waals surface area contributed by atoms with E-state index in [1.807, 2.05) is 30.3 Å². The molecular formula is C32H43ClN4O8P+. The van der Waals surface area contributed by atoms with Crippen LogP contribution >= 0.6 is 19.9 Å². The maximum atomic E-state index is 13.7. The number of urea groups is 1. The van der Waals surface area contributed by atoms with Crippen molar-refractivity contribution in [2.75, 3.05) is 20.2 Å². The van der Waals surface area contributed by atoms with Crippen molar-refractivity contribution in [2.24, 2.45) is 5.92 Å². The molecule has 0 radical (unpaired) electrons. The number of rotatable bonds is 13. The summed E-state index contributed by atoms with van der Waals surface area (Å²) in [5, 5.41) is 16.7. The van der Waals surface area contributed by atoms with E-state index in [0.717, 1.165) is 43.2 Å². The summed E-state index contributed by atoms with van der Waals surface area (Å²) < 4.78 is 21.9. The summed E-state index contributed by atoms with van der Waals surface area (Å²) in [7, 11) is -1.58. The first-order valence-electron chi connectivity index (χ1n) is 15.6. The van der Waals surface area contributed by atoms with Gasteiger partial charge in [-0.05, 0) is 42.5 Å². The third-order valence-electron chi connectivity index (χ3n) is 8.41. The van der Waals surface area contributed by atoms with Crippen LogP contribution in [-0.4, -0.2) is 76.2 Å². The molecule has 0 spiro atoms. The molecule has 4 rings (SSSR count). The fourth-order valence-electron chi connectivity index (χ4n) is 5.94. The van der Waals surface area contributed by atoms with Gasteiger partial charge in [0, 0.05) is 41.7 Å². The molecule has 0 aromatic heterocycles. The zero-order chi connectivity index (χ0) is 33.1. The molecule has 250 valence electrons. The van der Waals surface area contributed by atoms with Gasteiger partial charge in [-0.2, -0.15) is 0 Å². The number of carbonyl (C=O) groups is 3. The van der Waals surface area contributed by atoms with E-state index in [4.69, 9.17) is 20.9 Å². The lowest BCUT2D eigenvalue weighted by molar-refractivity contribution is -0.134. The van der Waals surface area contributed by atoms with Crippen LogP contribution in [0.15, 0.2) is 48.5 Å². The second-order valence-electron chi connectivity index (χ2n) is 11.9. The highest BCUT2D eigenvalue weighted by molar-refractivity contribution is 7.32. The number of carbonyl (C=O) groups excluding carboxylic acids is 3. The molecule has 1 heterocycles. The van der Waals surface area contributed by atoms with E-state index in [2.05, 4.69) is 10.6 Å². The van der Waals surface area contributed by atoms with Gasteiger partial charge >= 0.3 is 14.3 Å². The average Bonchev–Trinajstić information content (AvgIpc) is 3.25. The minimum atomic E-state index is -3.20. The number of ether oxygens (including phenoxy) is 1. The van der Waals surface area contributed by atoms with E-state index in [1.165, 1.54) is 4.90 Å². The van der Waals surface area contributed by atoms with Crippen molar-refractivity contribution in [3.63, 3.8) is 0 Å². The number of benzene rings is 2. The number of halogens is 1. The minimum absolute atomic E-state index is 0.0767. The lowest BCUT2D eigenvalue weighted by Gasteiger charge is -2.30. The summed E-state index contributed by atoms with van der Waals surface area (Å²) in [4.78, 5) is 52.6. The molecule has 1 saturated carbocycles. The van der Waals surface area contributed by atoms with E-state index < -0.39 is 38.6 Å². The van der Waals surface area contributed by atoms with Crippen molar-refractivity contribution in [3.8, 4) is 5.75 Å². The smallest absolute Gasteiger partial charge is 0.491 e. The molecule has 14 heteroatoms. The predicted molar refractivity (Wildman–Crippen MR) is 172 cm³/mol. The largest absolute Gasteiger partial charge is 0.697 e. The van der Waals surface area contributed by atoms with Gasteiger partial charge in [0.2, 0.25) is 18.1 Å². The first kappa shape index (κ1) is 35.6. The van der Waals surface area contributed by atoms with Gasteiger partial charge in [0.05, 0.1) is 12.6 Å². The van der Waals surface area contributed by atoms with Gasteiger partial charge in [0.1, 0.15) is 18.4 Å². The SMILES string of the molecule is CN(Cc1cccc(Cl)c1)C(=O)NC(CC1CCCCC1)C(=O)NC(CCC(=O)N1CCOc2ccccc2C1)C(O)O[P+](=O)O. The van der Waals surface area contributed by atoms with E-state index in [1.54, 1.807) is 30.1 Å². The average molecular weight is 678 g/mol. The number of amides is 4. The molecule has 1 aliphatic carbocycles. The Labute approximate surface area is 275 Å². The van der Waals surface area contributed by atoms with Gasteiger partial charge in [-0.15, -0.1) is 4.89 Å². The molecule has 1 aliphatic heterocycles. The van der Waals surface area contributed by atoms with Gasteiger partial charge in [-0.3, -0.25) is 9.59 Å². The van der Waals surface area contributed by atoms with Gasteiger partial charge in [0.25, 0.3) is 0 Å².